The molecule has 0 aliphatic heterocycles. The Morgan fingerprint density at radius 2 is 0.719 bits per heavy atom. The van der Waals surface area contributed by atoms with E-state index in [9.17, 15) is 38.4 Å². The van der Waals surface area contributed by atoms with Crippen LogP contribution in [0.4, 0.5) is 0 Å². The highest BCUT2D eigenvalue weighted by Gasteiger charge is 2.40. The van der Waals surface area contributed by atoms with E-state index in [1.54, 1.807) is 0 Å². The summed E-state index contributed by atoms with van der Waals surface area (Å²) in [4.78, 5) is 108. The van der Waals surface area contributed by atoms with Gasteiger partial charge in [0.25, 0.3) is 5.97 Å². The fourth-order valence-corrected chi connectivity index (χ4v) is 1.53. The number of rotatable bonds is 13. The molecule has 0 aliphatic carbocycles. The summed E-state index contributed by atoms with van der Waals surface area (Å²) in [7, 11) is 1.00. The van der Waals surface area contributed by atoms with Crippen molar-refractivity contribution >= 4 is 184 Å². The van der Waals surface area contributed by atoms with Crippen LogP contribution >= 0.6 is 118 Å². The molecule has 36 nitrogen and oxygen atoms in total. The zero-order valence-electron chi connectivity index (χ0n) is 32.4. The van der Waals surface area contributed by atoms with Crippen molar-refractivity contribution in [3.8, 4) is 0 Å². The summed E-state index contributed by atoms with van der Waals surface area (Å²) in [6.07, 6.45) is -7.31. The van der Waals surface area contributed by atoms with Crippen molar-refractivity contribution in [1.29, 1.82) is 0 Å². The summed E-state index contributed by atoms with van der Waals surface area (Å²) >= 11 is 0. The SMILES string of the molecule is Br.Br.CC(=O)O.CCC(=O)OC(C(=O)O)C(O)C(=O)O.CO.Cl.I.I.I.O.O.O.O.O.O.O.O.O.O.O.O=C(O)C(=O)O.O=C(O)CC(O)(CC(=O)O)C(=O)O.O=C(O)CCC(=O)O. The lowest BCUT2D eigenvalue weighted by atomic mass is 9.96. The first-order chi connectivity index (χ1) is 21.2. The average molecular weight is 1480 g/mol. The lowest BCUT2D eigenvalue weighted by Gasteiger charge is -2.18. The molecule has 0 aromatic carbocycles. The van der Waals surface area contributed by atoms with Crippen molar-refractivity contribution in [3.63, 3.8) is 0 Å². The van der Waals surface area contributed by atoms with Gasteiger partial charge in [0.1, 0.15) is 0 Å². The van der Waals surface area contributed by atoms with Gasteiger partial charge in [-0.15, -0.1) is 118 Å². The third-order valence-corrected chi connectivity index (χ3v) is 3.35. The van der Waals surface area contributed by atoms with E-state index in [1.165, 1.54) is 6.92 Å². The highest BCUT2D eigenvalue weighted by Crippen LogP contribution is 2.15. The van der Waals surface area contributed by atoms with Gasteiger partial charge < -0.3 is 131 Å². The van der Waals surface area contributed by atoms with Gasteiger partial charge in [-0.3, -0.25) is 28.8 Å². The van der Waals surface area contributed by atoms with E-state index < -0.39 is 96.3 Å². The van der Waals surface area contributed by atoms with Gasteiger partial charge in [-0.25, -0.2) is 24.0 Å². The molecule has 2 unspecified atom stereocenters. The normalized spacial score (nSPS) is 7.53. The molecule has 0 aromatic rings. The topological polar surface area (TPSA) is 806 Å². The summed E-state index contributed by atoms with van der Waals surface area (Å²) in [5.41, 5.74) is -2.74. The maximum absolute atomic E-state index is 10.7. The van der Waals surface area contributed by atoms with Crippen LogP contribution in [0.2, 0.25) is 0 Å². The quantitative estimate of drug-likeness (QED) is 0.0463. The van der Waals surface area contributed by atoms with Crippen LogP contribution < -0.4 is 0 Å². The molecule has 0 saturated heterocycles. The average Bonchev–Trinajstić information content (AvgIpc) is 2.90. The largest absolute Gasteiger partial charge is 0.481 e. The van der Waals surface area contributed by atoms with E-state index in [2.05, 4.69) is 4.74 Å². The maximum atomic E-state index is 10.7. The lowest BCUT2D eigenvalue weighted by molar-refractivity contribution is -0.178. The Hall–Kier alpha value is -2.95. The first kappa shape index (κ1) is 152. The van der Waals surface area contributed by atoms with Crippen molar-refractivity contribution in [1.82, 2.24) is 0 Å². The van der Waals surface area contributed by atoms with Gasteiger partial charge >= 0.3 is 59.7 Å². The second kappa shape index (κ2) is 90.7. The molecule has 0 radical (unpaired) electrons. The summed E-state index contributed by atoms with van der Waals surface area (Å²) in [5, 5.41) is 104. The number of aliphatic hydroxyl groups is 3. The number of ether oxygens (including phenoxy) is 1. The number of aliphatic carboxylic acids is 10. The Labute approximate surface area is 436 Å². The molecule has 0 saturated carbocycles. The third-order valence-electron chi connectivity index (χ3n) is 3.35. The van der Waals surface area contributed by atoms with Crippen LogP contribution in [0.25, 0.3) is 0 Å². The number of esters is 1. The standard InChI is InChI=1S/C7H10O7.C6H8O7.C4H6O4.C2H2O4.C2H4O2.CH4O.2BrH.ClH.3HI.11H2O/c1-2-3(8)14-5(7(12)13)4(9)6(10)11;7-3(8)1-6(13,5(11)12)2-4(9)10;5-3(6)1-2-4(7)8;3-1(4)2(5)6;1-2(3)4;1-2;;;;;;;;;;;;;;;;;/h4-5,9H,2H2,1H3,(H,10,11)(H,12,13);13H,1-2H2,(H,7,8)(H,9,10)(H,11,12);1-2H2,(H,5,6)(H,7,8);(H,3,4)(H,5,6);1H3,(H,3,4);2H,1H3;6*1H;11*1H2. The van der Waals surface area contributed by atoms with Crippen LogP contribution in [0.3, 0.4) is 0 Å². The van der Waals surface area contributed by atoms with Crippen LogP contribution in [0.15, 0.2) is 0 Å². The Morgan fingerprint density at radius 1 is 0.500 bits per heavy atom. The Bertz CT molecular complexity index is 1070. The fourth-order valence-electron chi connectivity index (χ4n) is 1.53. The second-order valence-electron chi connectivity index (χ2n) is 7.28. The number of carboxylic acids is 10. The maximum Gasteiger partial charge on any atom is 0.414 e. The number of hydrogen-bond acceptors (Lipinski definition) is 15. The van der Waals surface area contributed by atoms with Crippen molar-refractivity contribution in [2.75, 3.05) is 7.11 Å². The first-order valence-corrected chi connectivity index (χ1v) is 11.4. The summed E-state index contributed by atoms with van der Waals surface area (Å²) in [6.45, 7) is 2.49. The Morgan fingerprint density at radius 3 is 0.828 bits per heavy atom. The van der Waals surface area contributed by atoms with Crippen LogP contribution in [-0.2, 0) is 57.5 Å². The minimum atomic E-state index is -2.74. The summed E-state index contributed by atoms with van der Waals surface area (Å²) < 4.78 is 4.21. The fraction of sp³-hybridized carbons (Fsp3) is 0.500. The van der Waals surface area contributed by atoms with Crippen LogP contribution in [0, 0.1) is 0 Å². The molecule has 0 amide bonds. The Balaban J connectivity index is -0.0000000151. The van der Waals surface area contributed by atoms with E-state index in [-0.39, 0.29) is 198 Å². The molecule has 0 spiro atoms. The van der Waals surface area contributed by atoms with Crippen LogP contribution in [0.1, 0.15) is 46.0 Å². The van der Waals surface area contributed by atoms with Gasteiger partial charge in [0, 0.05) is 20.5 Å². The summed E-state index contributed by atoms with van der Waals surface area (Å²) in [6, 6.07) is 0. The number of hydrogen-bond donors (Lipinski definition) is 13. The molecule has 0 heterocycles. The van der Waals surface area contributed by atoms with Gasteiger partial charge in [0.05, 0.1) is 25.7 Å². The van der Waals surface area contributed by atoms with Crippen molar-refractivity contribution in [2.24, 2.45) is 0 Å². The van der Waals surface area contributed by atoms with Gasteiger partial charge in [-0.2, -0.15) is 0 Å². The number of carbonyl (C=O) groups is 11. The molecule has 0 fully saturated rings. The molecule has 408 valence electrons. The zero-order valence-corrected chi connectivity index (χ0v) is 43.6. The molecule has 35 N–H and O–H groups in total. The number of halogens is 6. The molecule has 0 aliphatic rings. The molecule has 0 rings (SSSR count). The van der Waals surface area contributed by atoms with E-state index in [0.29, 0.717) is 0 Å². The van der Waals surface area contributed by atoms with Gasteiger partial charge in [0.15, 0.2) is 11.7 Å². The van der Waals surface area contributed by atoms with E-state index in [1.807, 2.05) is 0 Å². The van der Waals surface area contributed by atoms with Crippen molar-refractivity contribution < 1.29 is 184 Å². The van der Waals surface area contributed by atoms with Gasteiger partial charge in [-0.1, -0.05) is 6.92 Å². The number of carboxylic acid groups (broad SMARTS) is 10. The van der Waals surface area contributed by atoms with E-state index >= 15 is 0 Å². The number of carbonyl (C=O) groups excluding carboxylic acids is 1. The Kier molecular flexibility index (Phi) is 215. The minimum absolute atomic E-state index is 0. The number of aliphatic hydroxyl groups excluding tert-OH is 2. The van der Waals surface area contributed by atoms with Crippen LogP contribution in [0.5, 0.6) is 0 Å². The predicted molar refractivity (Wildman–Crippen MR) is 254 cm³/mol. The highest BCUT2D eigenvalue weighted by atomic mass is 127. The minimum Gasteiger partial charge on any atom is -0.481 e. The van der Waals surface area contributed by atoms with Crippen molar-refractivity contribution in [3.05, 3.63) is 0 Å². The molecular formula is C22H62Br2ClI3O36. The molecule has 64 heavy (non-hydrogen) atoms. The molecule has 2 atom stereocenters. The third kappa shape index (κ3) is 124. The van der Waals surface area contributed by atoms with Gasteiger partial charge in [-0.05, 0) is 0 Å². The van der Waals surface area contributed by atoms with Gasteiger partial charge in [0.2, 0.25) is 6.10 Å². The molecular weight excluding hydrogens is 1420 g/mol. The molecule has 0 aromatic heterocycles. The zero-order chi connectivity index (χ0) is 39.2. The first-order valence-electron chi connectivity index (χ1n) is 11.4. The predicted octanol–water partition coefficient (Wildman–Crippen LogP) is -9.26. The lowest BCUT2D eigenvalue weighted by Crippen LogP contribution is -2.42. The monoisotopic (exact) mass is 1480 g/mol. The molecule has 42 heteroatoms. The van der Waals surface area contributed by atoms with Crippen molar-refractivity contribution in [2.45, 2.75) is 63.8 Å². The highest BCUT2D eigenvalue weighted by molar-refractivity contribution is 14.0. The van der Waals surface area contributed by atoms with E-state index in [0.717, 1.165) is 14.0 Å². The van der Waals surface area contributed by atoms with Crippen LogP contribution in [-0.4, -0.2) is 217 Å². The summed E-state index contributed by atoms with van der Waals surface area (Å²) in [5.74, 6) is -16.0. The molecule has 0 bridgehead atoms. The van der Waals surface area contributed by atoms with E-state index in [4.69, 9.17) is 80.8 Å². The second-order valence-corrected chi connectivity index (χ2v) is 7.28. The smallest absolute Gasteiger partial charge is 0.414 e.